The maximum atomic E-state index is 12.0. The zero-order valence-electron chi connectivity index (χ0n) is 16.7. The van der Waals surface area contributed by atoms with Gasteiger partial charge in [-0.2, -0.15) is 0 Å². The first-order valence-corrected chi connectivity index (χ1v) is 11.1. The summed E-state index contributed by atoms with van der Waals surface area (Å²) in [5.74, 6) is 0.0671. The van der Waals surface area contributed by atoms with E-state index in [2.05, 4.69) is 45.4 Å². The molecule has 156 valence electrons. The first-order valence-electron chi connectivity index (χ1n) is 10.4. The summed E-state index contributed by atoms with van der Waals surface area (Å²) >= 11 is 12.2. The molecule has 0 bridgehead atoms. The van der Waals surface area contributed by atoms with E-state index in [0.29, 0.717) is 22.9 Å². The molecule has 2 aromatic rings. The maximum absolute atomic E-state index is 12.0. The third kappa shape index (κ3) is 6.91. The molecule has 0 atom stereocenters. The Balaban J connectivity index is 1.25. The third-order valence-electron chi connectivity index (χ3n) is 5.37. The predicted molar refractivity (Wildman–Crippen MR) is 122 cm³/mol. The van der Waals surface area contributed by atoms with Crippen LogP contribution in [0.1, 0.15) is 24.8 Å². The molecule has 6 heteroatoms. The van der Waals surface area contributed by atoms with Crippen molar-refractivity contribution in [2.45, 2.75) is 25.7 Å². The lowest BCUT2D eigenvalue weighted by Crippen LogP contribution is -2.46. The van der Waals surface area contributed by atoms with E-state index in [4.69, 9.17) is 23.2 Å². The normalized spacial score (nSPS) is 14.8. The molecule has 1 heterocycles. The van der Waals surface area contributed by atoms with Crippen molar-refractivity contribution in [2.75, 3.05) is 44.2 Å². The van der Waals surface area contributed by atoms with Gasteiger partial charge in [-0.1, -0.05) is 53.5 Å². The molecule has 1 aliphatic heterocycles. The number of aryl methyl sites for hydroxylation is 1. The van der Waals surface area contributed by atoms with Gasteiger partial charge in [-0.3, -0.25) is 9.69 Å². The summed E-state index contributed by atoms with van der Waals surface area (Å²) in [6.45, 7) is 6.17. The maximum Gasteiger partial charge on any atom is 0.220 e. The lowest BCUT2D eigenvalue weighted by Gasteiger charge is -2.36. The van der Waals surface area contributed by atoms with Crippen LogP contribution in [-0.4, -0.2) is 50.1 Å². The predicted octanol–water partition coefficient (Wildman–Crippen LogP) is 4.64. The van der Waals surface area contributed by atoms with E-state index >= 15 is 0 Å². The van der Waals surface area contributed by atoms with Crippen molar-refractivity contribution >= 4 is 34.8 Å². The van der Waals surface area contributed by atoms with Crippen LogP contribution in [0, 0.1) is 0 Å². The van der Waals surface area contributed by atoms with Crippen LogP contribution >= 0.6 is 23.2 Å². The van der Waals surface area contributed by atoms with Crippen molar-refractivity contribution in [3.8, 4) is 0 Å². The molecule has 1 N–H and O–H groups in total. The number of para-hydroxylation sites is 1. The highest BCUT2D eigenvalue weighted by atomic mass is 35.5. The molecule has 1 aliphatic rings. The Morgan fingerprint density at radius 1 is 0.931 bits per heavy atom. The van der Waals surface area contributed by atoms with Gasteiger partial charge in [0, 0.05) is 44.8 Å². The van der Waals surface area contributed by atoms with Crippen molar-refractivity contribution < 1.29 is 4.79 Å². The Labute approximate surface area is 183 Å². The zero-order valence-corrected chi connectivity index (χ0v) is 18.3. The zero-order chi connectivity index (χ0) is 20.5. The van der Waals surface area contributed by atoms with Gasteiger partial charge in [-0.25, -0.2) is 0 Å². The fourth-order valence-electron chi connectivity index (χ4n) is 3.63. The van der Waals surface area contributed by atoms with E-state index in [1.807, 2.05) is 12.1 Å². The lowest BCUT2D eigenvalue weighted by molar-refractivity contribution is -0.121. The Hall–Kier alpha value is -1.75. The summed E-state index contributed by atoms with van der Waals surface area (Å²) in [7, 11) is 0. The highest BCUT2D eigenvalue weighted by molar-refractivity contribution is 6.42. The molecule has 3 rings (SSSR count). The van der Waals surface area contributed by atoms with Crippen molar-refractivity contribution in [3.05, 3.63) is 64.1 Å². The van der Waals surface area contributed by atoms with Crippen LogP contribution in [0.2, 0.25) is 10.0 Å². The minimum atomic E-state index is 0.0671. The third-order valence-corrected chi connectivity index (χ3v) is 6.23. The van der Waals surface area contributed by atoms with Crippen molar-refractivity contribution in [1.29, 1.82) is 0 Å². The van der Waals surface area contributed by atoms with Crippen molar-refractivity contribution in [1.82, 2.24) is 10.2 Å². The first kappa shape index (κ1) is 21.9. The first-order chi connectivity index (χ1) is 14.1. The number of amides is 1. The molecule has 4 nitrogen and oxygen atoms in total. The van der Waals surface area contributed by atoms with E-state index in [0.717, 1.165) is 57.7 Å². The topological polar surface area (TPSA) is 35.6 Å². The standard InChI is InChI=1S/C23H29Cl2N3O/c24-21-10-6-7-19(23(21)25)11-12-22(29)26-13-4-5-14-27-15-17-28(18-16-27)20-8-2-1-3-9-20/h1-3,6-10H,4-5,11-18H2,(H,26,29). The molecule has 0 aromatic heterocycles. The molecule has 29 heavy (non-hydrogen) atoms. The number of hydrogen-bond acceptors (Lipinski definition) is 3. The van der Waals surface area contributed by atoms with Crippen LogP contribution in [-0.2, 0) is 11.2 Å². The van der Waals surface area contributed by atoms with Crippen LogP contribution < -0.4 is 10.2 Å². The Morgan fingerprint density at radius 3 is 2.45 bits per heavy atom. The van der Waals surface area contributed by atoms with E-state index in [1.165, 1.54) is 5.69 Å². The van der Waals surface area contributed by atoms with Gasteiger partial charge >= 0.3 is 0 Å². The summed E-state index contributed by atoms with van der Waals surface area (Å²) in [5, 5.41) is 4.10. The number of nitrogens with zero attached hydrogens (tertiary/aromatic N) is 2. The van der Waals surface area contributed by atoms with Gasteiger partial charge in [-0.05, 0) is 49.6 Å². The molecular weight excluding hydrogens is 405 g/mol. The SMILES string of the molecule is O=C(CCc1cccc(Cl)c1Cl)NCCCCN1CCN(c2ccccc2)CC1. The second kappa shape index (κ2) is 11.4. The molecule has 0 unspecified atom stereocenters. The number of piperazine rings is 1. The van der Waals surface area contributed by atoms with Gasteiger partial charge in [-0.15, -0.1) is 0 Å². The number of rotatable bonds is 9. The number of carbonyl (C=O) groups is 1. The summed E-state index contributed by atoms with van der Waals surface area (Å²) in [6, 6.07) is 16.1. The second-order valence-electron chi connectivity index (χ2n) is 7.43. The molecule has 1 amide bonds. The average molecular weight is 434 g/mol. The average Bonchev–Trinajstić information content (AvgIpc) is 2.75. The van der Waals surface area contributed by atoms with Crippen LogP contribution in [0.15, 0.2) is 48.5 Å². The Kier molecular flexibility index (Phi) is 8.66. The quantitative estimate of drug-likeness (QED) is 0.584. The molecule has 2 aromatic carbocycles. The summed E-state index contributed by atoms with van der Waals surface area (Å²) < 4.78 is 0. The van der Waals surface area contributed by atoms with Gasteiger partial charge in [0.1, 0.15) is 0 Å². The smallest absolute Gasteiger partial charge is 0.220 e. The van der Waals surface area contributed by atoms with Gasteiger partial charge in [0.15, 0.2) is 0 Å². The van der Waals surface area contributed by atoms with Gasteiger partial charge in [0.25, 0.3) is 0 Å². The van der Waals surface area contributed by atoms with E-state index in [-0.39, 0.29) is 5.91 Å². The minimum absolute atomic E-state index is 0.0671. The lowest BCUT2D eigenvalue weighted by atomic mass is 10.1. The van der Waals surface area contributed by atoms with Gasteiger partial charge in [0.05, 0.1) is 10.0 Å². The molecule has 0 spiro atoms. The molecule has 1 saturated heterocycles. The minimum Gasteiger partial charge on any atom is -0.369 e. The summed E-state index contributed by atoms with van der Waals surface area (Å²) in [5.41, 5.74) is 2.23. The number of unbranched alkanes of at least 4 members (excludes halogenated alkanes) is 1. The van der Waals surface area contributed by atoms with Crippen LogP contribution in [0.3, 0.4) is 0 Å². The van der Waals surface area contributed by atoms with E-state index in [9.17, 15) is 4.79 Å². The van der Waals surface area contributed by atoms with Crippen LogP contribution in [0.4, 0.5) is 5.69 Å². The fraction of sp³-hybridized carbons (Fsp3) is 0.435. The highest BCUT2D eigenvalue weighted by Crippen LogP contribution is 2.26. The number of hydrogen-bond donors (Lipinski definition) is 1. The number of nitrogens with one attached hydrogen (secondary N) is 1. The molecular formula is C23H29Cl2N3O. The van der Waals surface area contributed by atoms with Gasteiger partial charge < -0.3 is 10.2 Å². The molecule has 1 fully saturated rings. The summed E-state index contributed by atoms with van der Waals surface area (Å²) in [6.07, 6.45) is 3.15. The Bertz CT molecular complexity index is 777. The molecule has 0 saturated carbocycles. The van der Waals surface area contributed by atoms with E-state index in [1.54, 1.807) is 6.07 Å². The number of carbonyl (C=O) groups excluding carboxylic acids is 1. The monoisotopic (exact) mass is 433 g/mol. The summed E-state index contributed by atoms with van der Waals surface area (Å²) in [4.78, 5) is 17.0. The van der Waals surface area contributed by atoms with E-state index < -0.39 is 0 Å². The highest BCUT2D eigenvalue weighted by Gasteiger charge is 2.16. The van der Waals surface area contributed by atoms with Crippen LogP contribution in [0.25, 0.3) is 0 Å². The molecule has 0 aliphatic carbocycles. The van der Waals surface area contributed by atoms with Crippen molar-refractivity contribution in [2.24, 2.45) is 0 Å². The number of benzene rings is 2. The molecule has 0 radical (unpaired) electrons. The number of halogens is 2. The largest absolute Gasteiger partial charge is 0.369 e. The van der Waals surface area contributed by atoms with Crippen LogP contribution in [0.5, 0.6) is 0 Å². The van der Waals surface area contributed by atoms with Gasteiger partial charge in [0.2, 0.25) is 5.91 Å². The Morgan fingerprint density at radius 2 is 1.69 bits per heavy atom. The number of anilines is 1. The fourth-order valence-corrected chi connectivity index (χ4v) is 4.05. The van der Waals surface area contributed by atoms with Crippen molar-refractivity contribution in [3.63, 3.8) is 0 Å². The second-order valence-corrected chi connectivity index (χ2v) is 8.22.